The molecule has 0 amide bonds. The number of para-hydroxylation sites is 4. The van der Waals surface area contributed by atoms with Gasteiger partial charge in [-0.3, -0.25) is 0 Å². The molecule has 7 aromatic carbocycles. The number of fused-ring (bicyclic) bond motifs is 9. The van der Waals surface area contributed by atoms with Crippen molar-refractivity contribution in [2.75, 3.05) is 5.32 Å². The fourth-order valence-electron chi connectivity index (χ4n) is 8.20. The molecule has 0 radical (unpaired) electrons. The Morgan fingerprint density at radius 2 is 0.896 bits per heavy atom. The predicted octanol–water partition coefficient (Wildman–Crippen LogP) is 11.9. The molecule has 3 nitrogen and oxygen atoms in total. The highest BCUT2D eigenvalue weighted by Crippen LogP contribution is 2.52. The quantitative estimate of drug-likeness (QED) is 0.209. The second-order valence-corrected chi connectivity index (χ2v) is 13.5. The Kier molecular flexibility index (Phi) is 5.63. The van der Waals surface area contributed by atoms with Gasteiger partial charge in [0.15, 0.2) is 0 Å². The van der Waals surface area contributed by atoms with Crippen molar-refractivity contribution in [3.8, 4) is 22.5 Å². The van der Waals surface area contributed by atoms with Gasteiger partial charge in [-0.25, -0.2) is 0 Å². The Labute approximate surface area is 279 Å². The lowest BCUT2D eigenvalue weighted by molar-refractivity contribution is 0.661. The Hall–Kier alpha value is -6.06. The van der Waals surface area contributed by atoms with E-state index < -0.39 is 0 Å². The number of hydrogen-bond donors (Lipinski definition) is 1. The lowest BCUT2D eigenvalue weighted by Crippen LogP contribution is -2.15. The second kappa shape index (κ2) is 9.97. The number of nitrogens with one attached hydrogen (secondary N) is 1. The van der Waals surface area contributed by atoms with Crippen LogP contribution in [-0.4, -0.2) is 9.13 Å². The van der Waals surface area contributed by atoms with Gasteiger partial charge in [0.2, 0.25) is 0 Å². The Balaban J connectivity index is 1.08. The molecule has 9 aromatic rings. The molecule has 2 aromatic heterocycles. The van der Waals surface area contributed by atoms with Gasteiger partial charge in [-0.15, -0.1) is 0 Å². The molecule has 1 aliphatic carbocycles. The van der Waals surface area contributed by atoms with Crippen molar-refractivity contribution in [1.82, 2.24) is 9.13 Å². The molecule has 1 N–H and O–H groups in total. The van der Waals surface area contributed by atoms with Crippen LogP contribution in [0.5, 0.6) is 0 Å². The van der Waals surface area contributed by atoms with Gasteiger partial charge in [0.05, 0.1) is 22.1 Å². The van der Waals surface area contributed by atoms with Crippen molar-refractivity contribution in [2.45, 2.75) is 19.3 Å². The summed E-state index contributed by atoms with van der Waals surface area (Å²) >= 11 is 0. The van der Waals surface area contributed by atoms with Crippen molar-refractivity contribution in [1.29, 1.82) is 0 Å². The molecule has 3 heteroatoms. The van der Waals surface area contributed by atoms with Gasteiger partial charge < -0.3 is 14.5 Å². The van der Waals surface area contributed by atoms with Gasteiger partial charge >= 0.3 is 0 Å². The van der Waals surface area contributed by atoms with Crippen LogP contribution in [0.15, 0.2) is 158 Å². The molecule has 0 spiro atoms. The second-order valence-electron chi connectivity index (χ2n) is 13.5. The number of aromatic nitrogens is 2. The smallest absolute Gasteiger partial charge is 0.0547 e. The lowest BCUT2D eigenvalue weighted by Gasteiger charge is -2.22. The summed E-state index contributed by atoms with van der Waals surface area (Å²) in [5, 5.41) is 8.86. The number of anilines is 2. The largest absolute Gasteiger partial charge is 0.355 e. The minimum atomic E-state index is -0.139. The van der Waals surface area contributed by atoms with Crippen LogP contribution < -0.4 is 5.32 Å². The molecular formula is C45H33N3. The van der Waals surface area contributed by atoms with E-state index in [1.54, 1.807) is 0 Å². The maximum Gasteiger partial charge on any atom is 0.0547 e. The summed E-state index contributed by atoms with van der Waals surface area (Å²) in [4.78, 5) is 0. The molecule has 0 aliphatic heterocycles. The summed E-state index contributed by atoms with van der Waals surface area (Å²) in [7, 11) is 0. The van der Waals surface area contributed by atoms with E-state index in [1.165, 1.54) is 77.2 Å². The lowest BCUT2D eigenvalue weighted by atomic mass is 9.82. The summed E-state index contributed by atoms with van der Waals surface area (Å²) < 4.78 is 4.77. The number of nitrogens with zero attached hydrogens (tertiary/aromatic N) is 2. The average Bonchev–Trinajstić information content (AvgIpc) is 3.71. The molecule has 10 rings (SSSR count). The van der Waals surface area contributed by atoms with Gasteiger partial charge in [-0.2, -0.15) is 0 Å². The van der Waals surface area contributed by atoms with Crippen molar-refractivity contribution in [2.24, 2.45) is 0 Å². The van der Waals surface area contributed by atoms with Crippen LogP contribution in [0.4, 0.5) is 11.4 Å². The zero-order valence-corrected chi connectivity index (χ0v) is 26.9. The van der Waals surface area contributed by atoms with Crippen LogP contribution in [-0.2, 0) is 5.41 Å². The van der Waals surface area contributed by atoms with Crippen molar-refractivity contribution in [3.05, 3.63) is 169 Å². The normalized spacial score (nSPS) is 13.4. The first kappa shape index (κ1) is 27.1. The Morgan fingerprint density at radius 3 is 1.56 bits per heavy atom. The van der Waals surface area contributed by atoms with Crippen molar-refractivity contribution >= 4 is 55.0 Å². The van der Waals surface area contributed by atoms with E-state index in [4.69, 9.17) is 0 Å². The number of hydrogen-bond acceptors (Lipinski definition) is 1. The van der Waals surface area contributed by atoms with E-state index in [-0.39, 0.29) is 5.41 Å². The summed E-state index contributed by atoms with van der Waals surface area (Å²) in [5.41, 5.74) is 14.7. The predicted molar refractivity (Wildman–Crippen MR) is 202 cm³/mol. The first-order chi connectivity index (χ1) is 23.6. The molecular weight excluding hydrogens is 583 g/mol. The Bertz CT molecular complexity index is 2710. The molecule has 48 heavy (non-hydrogen) atoms. The molecule has 0 unspecified atom stereocenters. The zero-order chi connectivity index (χ0) is 32.0. The first-order valence-corrected chi connectivity index (χ1v) is 16.7. The van der Waals surface area contributed by atoms with E-state index in [0.29, 0.717) is 0 Å². The van der Waals surface area contributed by atoms with Crippen LogP contribution in [0.3, 0.4) is 0 Å². The third-order valence-electron chi connectivity index (χ3n) is 10.5. The van der Waals surface area contributed by atoms with E-state index in [9.17, 15) is 0 Å². The van der Waals surface area contributed by atoms with Crippen molar-refractivity contribution in [3.63, 3.8) is 0 Å². The number of benzene rings is 7. The topological polar surface area (TPSA) is 21.9 Å². The third kappa shape index (κ3) is 3.82. The summed E-state index contributed by atoms with van der Waals surface area (Å²) in [6.07, 6.45) is 0. The molecule has 0 saturated carbocycles. The van der Waals surface area contributed by atoms with E-state index in [2.05, 4.69) is 186 Å². The van der Waals surface area contributed by atoms with Gasteiger partial charge in [-0.1, -0.05) is 92.7 Å². The van der Waals surface area contributed by atoms with Gasteiger partial charge in [0.1, 0.15) is 0 Å². The minimum absolute atomic E-state index is 0.139. The summed E-state index contributed by atoms with van der Waals surface area (Å²) in [6, 6.07) is 57.4. The third-order valence-corrected chi connectivity index (χ3v) is 10.5. The van der Waals surface area contributed by atoms with Gasteiger partial charge in [0, 0.05) is 49.7 Å². The highest BCUT2D eigenvalue weighted by atomic mass is 15.0. The molecule has 228 valence electrons. The van der Waals surface area contributed by atoms with Gasteiger partial charge in [0.25, 0.3) is 0 Å². The standard InChI is InChI=1S/C45H33N3/c1-45(2)39-26-30(46-29-22-24-43-37(25-29)34-17-9-11-19-41(34)47(43)31-13-5-3-6-14-31)21-23-33(39)36-28-44-38(27-40(36)45)35-18-10-12-20-42(35)48(44)32-15-7-4-8-16-32/h3-28,46H,1-2H3. The van der Waals surface area contributed by atoms with Crippen LogP contribution in [0.1, 0.15) is 25.0 Å². The average molecular weight is 616 g/mol. The van der Waals surface area contributed by atoms with E-state index in [1.807, 2.05) is 0 Å². The molecule has 0 fully saturated rings. The SMILES string of the molecule is CC1(C)c2cc(Nc3ccc4c(c3)c3ccccc3n4-c3ccccc3)ccc2-c2cc3c(cc21)c1ccccc1n3-c1ccccc1. The van der Waals surface area contributed by atoms with E-state index in [0.717, 1.165) is 11.4 Å². The Morgan fingerprint density at radius 1 is 0.396 bits per heavy atom. The minimum Gasteiger partial charge on any atom is -0.355 e. The van der Waals surface area contributed by atoms with Crippen LogP contribution >= 0.6 is 0 Å². The van der Waals surface area contributed by atoms with E-state index >= 15 is 0 Å². The highest BCUT2D eigenvalue weighted by molar-refractivity contribution is 6.12. The number of rotatable bonds is 4. The molecule has 0 atom stereocenters. The monoisotopic (exact) mass is 615 g/mol. The maximum atomic E-state index is 3.77. The van der Waals surface area contributed by atoms with Crippen LogP contribution in [0.25, 0.3) is 66.1 Å². The van der Waals surface area contributed by atoms with Crippen molar-refractivity contribution < 1.29 is 0 Å². The first-order valence-electron chi connectivity index (χ1n) is 16.7. The zero-order valence-electron chi connectivity index (χ0n) is 26.9. The molecule has 0 bridgehead atoms. The molecule has 2 heterocycles. The van der Waals surface area contributed by atoms with Gasteiger partial charge in [-0.05, 0) is 101 Å². The maximum absolute atomic E-state index is 3.77. The fourth-order valence-corrected chi connectivity index (χ4v) is 8.20. The van der Waals surface area contributed by atoms with Crippen LogP contribution in [0.2, 0.25) is 0 Å². The summed E-state index contributed by atoms with van der Waals surface area (Å²) in [6.45, 7) is 4.74. The molecule has 0 saturated heterocycles. The van der Waals surface area contributed by atoms with Crippen LogP contribution in [0, 0.1) is 0 Å². The highest BCUT2D eigenvalue weighted by Gasteiger charge is 2.36. The summed E-state index contributed by atoms with van der Waals surface area (Å²) in [5.74, 6) is 0. The fraction of sp³-hybridized carbons (Fsp3) is 0.0667. The molecule has 1 aliphatic rings.